The van der Waals surface area contributed by atoms with Crippen molar-refractivity contribution in [1.29, 1.82) is 0 Å². The number of sulfonamides is 1. The van der Waals surface area contributed by atoms with Crippen molar-refractivity contribution < 1.29 is 8.42 Å². The highest BCUT2D eigenvalue weighted by molar-refractivity contribution is 7.89. The van der Waals surface area contributed by atoms with Crippen molar-refractivity contribution in [3.8, 4) is 0 Å². The first-order valence-electron chi connectivity index (χ1n) is 9.61. The van der Waals surface area contributed by atoms with E-state index in [2.05, 4.69) is 45.1 Å². The van der Waals surface area contributed by atoms with Gasteiger partial charge in [-0.3, -0.25) is 0 Å². The molecule has 0 aliphatic rings. The van der Waals surface area contributed by atoms with Crippen molar-refractivity contribution >= 4 is 26.7 Å². The zero-order valence-corrected chi connectivity index (χ0v) is 17.4. The van der Waals surface area contributed by atoms with Gasteiger partial charge in [-0.2, -0.15) is 0 Å². The fourth-order valence-corrected chi connectivity index (χ4v) is 4.19. The molecular weight excluding hydrogens is 396 g/mol. The molecule has 152 valence electrons. The SMILES string of the molecule is Cc1cccc(CNc2nc(CNS(=O)(=O)c3ccccc3)nc3ccccc23)c1. The van der Waals surface area contributed by atoms with Crippen LogP contribution in [0.2, 0.25) is 0 Å². The smallest absolute Gasteiger partial charge is 0.240 e. The molecule has 0 atom stereocenters. The average Bonchev–Trinajstić information content (AvgIpc) is 2.77. The molecule has 4 aromatic rings. The first kappa shape index (κ1) is 20.0. The van der Waals surface area contributed by atoms with Gasteiger partial charge >= 0.3 is 0 Å². The van der Waals surface area contributed by atoms with E-state index in [1.54, 1.807) is 30.3 Å². The maximum absolute atomic E-state index is 12.5. The predicted octanol–water partition coefficient (Wildman–Crippen LogP) is 4.03. The largest absolute Gasteiger partial charge is 0.365 e. The summed E-state index contributed by atoms with van der Waals surface area (Å²) in [6, 6.07) is 24.2. The minimum atomic E-state index is -3.64. The van der Waals surface area contributed by atoms with Gasteiger partial charge < -0.3 is 5.32 Å². The zero-order chi connectivity index (χ0) is 21.0. The van der Waals surface area contributed by atoms with Crippen LogP contribution in [0, 0.1) is 6.92 Å². The van der Waals surface area contributed by atoms with Crippen LogP contribution in [-0.2, 0) is 23.1 Å². The summed E-state index contributed by atoms with van der Waals surface area (Å²) in [5.41, 5.74) is 3.09. The van der Waals surface area contributed by atoms with Crippen LogP contribution in [0.5, 0.6) is 0 Å². The van der Waals surface area contributed by atoms with E-state index in [9.17, 15) is 8.42 Å². The van der Waals surface area contributed by atoms with E-state index in [-0.39, 0.29) is 11.4 Å². The minimum Gasteiger partial charge on any atom is -0.365 e. The maximum Gasteiger partial charge on any atom is 0.240 e. The minimum absolute atomic E-state index is 0.00118. The first-order valence-corrected chi connectivity index (χ1v) is 11.1. The monoisotopic (exact) mass is 418 g/mol. The van der Waals surface area contributed by atoms with E-state index in [4.69, 9.17) is 0 Å². The molecule has 0 fully saturated rings. The van der Waals surface area contributed by atoms with Gasteiger partial charge in [0.1, 0.15) is 11.6 Å². The number of fused-ring (bicyclic) bond motifs is 1. The van der Waals surface area contributed by atoms with Crippen molar-refractivity contribution in [1.82, 2.24) is 14.7 Å². The van der Waals surface area contributed by atoms with Crippen molar-refractivity contribution in [3.63, 3.8) is 0 Å². The molecule has 0 radical (unpaired) electrons. The number of para-hydroxylation sites is 1. The number of anilines is 1. The third-order valence-corrected chi connectivity index (χ3v) is 6.08. The molecule has 0 aliphatic carbocycles. The Kier molecular flexibility index (Phi) is 5.74. The summed E-state index contributed by atoms with van der Waals surface area (Å²) in [6.07, 6.45) is 0. The summed E-state index contributed by atoms with van der Waals surface area (Å²) in [5, 5.41) is 4.26. The summed E-state index contributed by atoms with van der Waals surface area (Å²) >= 11 is 0. The van der Waals surface area contributed by atoms with Gasteiger partial charge in [-0.05, 0) is 36.8 Å². The molecule has 0 aliphatic heterocycles. The van der Waals surface area contributed by atoms with E-state index in [1.165, 1.54) is 5.56 Å². The molecule has 7 heteroatoms. The Morgan fingerprint density at radius 1 is 0.833 bits per heavy atom. The van der Waals surface area contributed by atoms with Crippen molar-refractivity contribution in [2.24, 2.45) is 0 Å². The molecule has 0 unspecified atom stereocenters. The lowest BCUT2D eigenvalue weighted by atomic mass is 10.1. The number of hydrogen-bond donors (Lipinski definition) is 2. The van der Waals surface area contributed by atoms with Gasteiger partial charge in [0.25, 0.3) is 0 Å². The highest BCUT2D eigenvalue weighted by Gasteiger charge is 2.15. The van der Waals surface area contributed by atoms with Crippen LogP contribution < -0.4 is 10.0 Å². The van der Waals surface area contributed by atoms with Crippen LogP contribution in [0.15, 0.2) is 83.8 Å². The number of aryl methyl sites for hydroxylation is 1. The van der Waals surface area contributed by atoms with Gasteiger partial charge in [-0.15, -0.1) is 0 Å². The fourth-order valence-electron chi connectivity index (χ4n) is 3.19. The predicted molar refractivity (Wildman–Crippen MR) is 119 cm³/mol. The average molecular weight is 419 g/mol. The molecule has 4 rings (SSSR count). The van der Waals surface area contributed by atoms with Gasteiger partial charge in [0.2, 0.25) is 10.0 Å². The molecule has 30 heavy (non-hydrogen) atoms. The molecule has 0 spiro atoms. The quantitative estimate of drug-likeness (QED) is 0.473. The van der Waals surface area contributed by atoms with E-state index >= 15 is 0 Å². The molecule has 0 saturated carbocycles. The molecular formula is C23H22N4O2S. The van der Waals surface area contributed by atoms with Gasteiger partial charge in [0.05, 0.1) is 17.0 Å². The van der Waals surface area contributed by atoms with Gasteiger partial charge in [-0.1, -0.05) is 60.2 Å². The molecule has 6 nitrogen and oxygen atoms in total. The summed E-state index contributed by atoms with van der Waals surface area (Å²) in [5.74, 6) is 1.08. The molecule has 1 aromatic heterocycles. The summed E-state index contributed by atoms with van der Waals surface area (Å²) in [7, 11) is -3.64. The van der Waals surface area contributed by atoms with Crippen LogP contribution in [0.4, 0.5) is 5.82 Å². The first-order chi connectivity index (χ1) is 14.5. The number of nitrogens with one attached hydrogen (secondary N) is 2. The van der Waals surface area contributed by atoms with Crippen LogP contribution in [0.1, 0.15) is 17.0 Å². The number of benzene rings is 3. The van der Waals surface area contributed by atoms with Crippen molar-refractivity contribution in [2.75, 3.05) is 5.32 Å². The second-order valence-corrected chi connectivity index (χ2v) is 8.75. The number of hydrogen-bond acceptors (Lipinski definition) is 5. The number of rotatable bonds is 7. The Bertz CT molecular complexity index is 1270. The van der Waals surface area contributed by atoms with E-state index in [1.807, 2.05) is 30.3 Å². The third kappa shape index (κ3) is 4.64. The lowest BCUT2D eigenvalue weighted by Gasteiger charge is -2.12. The fraction of sp³-hybridized carbons (Fsp3) is 0.130. The Labute approximate surface area is 176 Å². The van der Waals surface area contributed by atoms with Crippen LogP contribution >= 0.6 is 0 Å². The summed E-state index contributed by atoms with van der Waals surface area (Å²) in [6.45, 7) is 2.67. The molecule has 3 aromatic carbocycles. The highest BCUT2D eigenvalue weighted by atomic mass is 32.2. The summed E-state index contributed by atoms with van der Waals surface area (Å²) in [4.78, 5) is 9.32. The third-order valence-electron chi connectivity index (χ3n) is 4.67. The number of aromatic nitrogens is 2. The summed E-state index contributed by atoms with van der Waals surface area (Å²) < 4.78 is 27.6. The molecule has 0 bridgehead atoms. The topological polar surface area (TPSA) is 84.0 Å². The maximum atomic E-state index is 12.5. The highest BCUT2D eigenvalue weighted by Crippen LogP contribution is 2.21. The van der Waals surface area contributed by atoms with Crippen LogP contribution in [0.25, 0.3) is 10.9 Å². The lowest BCUT2D eigenvalue weighted by molar-refractivity contribution is 0.579. The normalized spacial score (nSPS) is 11.5. The lowest BCUT2D eigenvalue weighted by Crippen LogP contribution is -2.24. The van der Waals surface area contributed by atoms with E-state index < -0.39 is 10.0 Å². The van der Waals surface area contributed by atoms with E-state index in [0.29, 0.717) is 18.2 Å². The second-order valence-electron chi connectivity index (χ2n) is 6.99. The molecule has 1 heterocycles. The van der Waals surface area contributed by atoms with Gasteiger partial charge in [0, 0.05) is 11.9 Å². The van der Waals surface area contributed by atoms with Crippen molar-refractivity contribution in [3.05, 3.63) is 95.8 Å². The van der Waals surface area contributed by atoms with Crippen LogP contribution in [0.3, 0.4) is 0 Å². The van der Waals surface area contributed by atoms with Crippen LogP contribution in [-0.4, -0.2) is 18.4 Å². The second kappa shape index (κ2) is 8.61. The Morgan fingerprint density at radius 2 is 1.60 bits per heavy atom. The van der Waals surface area contributed by atoms with Gasteiger partial charge in [-0.25, -0.2) is 23.1 Å². The number of nitrogens with zero attached hydrogens (tertiary/aromatic N) is 2. The van der Waals surface area contributed by atoms with Crippen molar-refractivity contribution in [2.45, 2.75) is 24.9 Å². The zero-order valence-electron chi connectivity index (χ0n) is 16.5. The van der Waals surface area contributed by atoms with Gasteiger partial charge in [0.15, 0.2) is 0 Å². The Hall–Kier alpha value is -3.29. The molecule has 0 amide bonds. The molecule has 2 N–H and O–H groups in total. The standard InChI is InChI=1S/C23H22N4O2S/c1-17-8-7-9-18(14-17)15-24-23-20-12-5-6-13-21(20)26-22(27-23)16-25-30(28,29)19-10-3-2-4-11-19/h2-14,25H,15-16H2,1H3,(H,24,26,27). The Balaban J connectivity index is 1.58. The van der Waals surface area contributed by atoms with E-state index in [0.717, 1.165) is 16.5 Å². The molecule has 0 saturated heterocycles. The Morgan fingerprint density at radius 3 is 2.40 bits per heavy atom.